The maximum absolute atomic E-state index is 12.7. The Bertz CT molecular complexity index is 468. The number of aliphatic hydroxyl groups excluding tert-OH is 1. The fourth-order valence-electron chi connectivity index (χ4n) is 1.47. The summed E-state index contributed by atoms with van der Waals surface area (Å²) in [7, 11) is 0. The second kappa shape index (κ2) is 4.28. The SMILES string of the molecule is Nc1ccnn1C(CO)c1ccc(F)cn1. The van der Waals surface area contributed by atoms with Gasteiger partial charge in [0.2, 0.25) is 0 Å². The van der Waals surface area contributed by atoms with Gasteiger partial charge in [-0.3, -0.25) is 4.98 Å². The smallest absolute Gasteiger partial charge is 0.141 e. The zero-order valence-corrected chi connectivity index (χ0v) is 8.42. The first-order valence-corrected chi connectivity index (χ1v) is 4.73. The van der Waals surface area contributed by atoms with Crippen LogP contribution in [0.4, 0.5) is 10.2 Å². The van der Waals surface area contributed by atoms with Gasteiger partial charge in [-0.15, -0.1) is 0 Å². The molecule has 5 nitrogen and oxygen atoms in total. The van der Waals surface area contributed by atoms with Gasteiger partial charge >= 0.3 is 0 Å². The van der Waals surface area contributed by atoms with Gasteiger partial charge in [0, 0.05) is 0 Å². The maximum Gasteiger partial charge on any atom is 0.141 e. The van der Waals surface area contributed by atoms with Crippen molar-refractivity contribution < 1.29 is 9.50 Å². The fourth-order valence-corrected chi connectivity index (χ4v) is 1.47. The van der Waals surface area contributed by atoms with Gasteiger partial charge in [-0.25, -0.2) is 9.07 Å². The van der Waals surface area contributed by atoms with Crippen LogP contribution in [0.3, 0.4) is 0 Å². The monoisotopic (exact) mass is 222 g/mol. The van der Waals surface area contributed by atoms with Crippen LogP contribution in [-0.4, -0.2) is 26.5 Å². The Labute approximate surface area is 91.3 Å². The van der Waals surface area contributed by atoms with Crippen molar-refractivity contribution in [2.75, 3.05) is 12.3 Å². The van der Waals surface area contributed by atoms with Crippen molar-refractivity contribution in [1.29, 1.82) is 0 Å². The normalized spacial score (nSPS) is 12.6. The van der Waals surface area contributed by atoms with Crippen LogP contribution in [0.25, 0.3) is 0 Å². The molecule has 2 heterocycles. The first kappa shape index (κ1) is 10.6. The number of nitrogen functional groups attached to an aromatic ring is 1. The summed E-state index contributed by atoms with van der Waals surface area (Å²) in [4.78, 5) is 3.90. The zero-order chi connectivity index (χ0) is 11.5. The van der Waals surface area contributed by atoms with E-state index in [0.29, 0.717) is 11.5 Å². The molecule has 0 fully saturated rings. The van der Waals surface area contributed by atoms with E-state index in [0.717, 1.165) is 6.20 Å². The molecule has 2 aromatic rings. The van der Waals surface area contributed by atoms with E-state index in [4.69, 9.17) is 5.73 Å². The summed E-state index contributed by atoms with van der Waals surface area (Å²) in [5.74, 6) is -0.000878. The first-order valence-electron chi connectivity index (χ1n) is 4.73. The van der Waals surface area contributed by atoms with Crippen LogP contribution in [-0.2, 0) is 0 Å². The van der Waals surface area contributed by atoms with Crippen LogP contribution in [0, 0.1) is 5.82 Å². The van der Waals surface area contributed by atoms with Crippen molar-refractivity contribution in [1.82, 2.24) is 14.8 Å². The molecule has 3 N–H and O–H groups in total. The highest BCUT2D eigenvalue weighted by atomic mass is 19.1. The summed E-state index contributed by atoms with van der Waals surface area (Å²) < 4.78 is 14.1. The molecule has 84 valence electrons. The Morgan fingerprint density at radius 1 is 1.44 bits per heavy atom. The highest BCUT2D eigenvalue weighted by Crippen LogP contribution is 2.18. The summed E-state index contributed by atoms with van der Waals surface area (Å²) in [5, 5.41) is 13.3. The molecular weight excluding hydrogens is 211 g/mol. The number of hydrogen-bond donors (Lipinski definition) is 2. The molecule has 0 aliphatic carbocycles. The van der Waals surface area contributed by atoms with E-state index < -0.39 is 11.9 Å². The maximum atomic E-state index is 12.7. The molecule has 0 saturated heterocycles. The molecule has 0 aliphatic heterocycles. The Kier molecular flexibility index (Phi) is 2.82. The summed E-state index contributed by atoms with van der Waals surface area (Å²) in [6.45, 7) is -0.204. The fraction of sp³-hybridized carbons (Fsp3) is 0.200. The lowest BCUT2D eigenvalue weighted by Gasteiger charge is -2.15. The minimum atomic E-state index is -0.490. The van der Waals surface area contributed by atoms with Crippen molar-refractivity contribution in [3.05, 3.63) is 42.1 Å². The van der Waals surface area contributed by atoms with E-state index in [-0.39, 0.29) is 6.61 Å². The lowest BCUT2D eigenvalue weighted by atomic mass is 10.2. The van der Waals surface area contributed by atoms with Crippen LogP contribution < -0.4 is 5.73 Å². The Hall–Kier alpha value is -1.95. The Morgan fingerprint density at radius 3 is 2.75 bits per heavy atom. The molecule has 2 rings (SSSR count). The number of rotatable bonds is 3. The van der Waals surface area contributed by atoms with Crippen LogP contribution in [0.2, 0.25) is 0 Å². The average Bonchev–Trinajstić information content (AvgIpc) is 2.69. The molecule has 0 spiro atoms. The predicted molar refractivity (Wildman–Crippen MR) is 56.1 cm³/mol. The second-order valence-electron chi connectivity index (χ2n) is 3.30. The van der Waals surface area contributed by atoms with Crippen molar-refractivity contribution in [2.45, 2.75) is 6.04 Å². The third-order valence-corrected chi connectivity index (χ3v) is 2.26. The van der Waals surface area contributed by atoms with Crippen LogP contribution in [0.1, 0.15) is 11.7 Å². The van der Waals surface area contributed by atoms with Gasteiger partial charge < -0.3 is 10.8 Å². The number of aliphatic hydroxyl groups is 1. The van der Waals surface area contributed by atoms with Gasteiger partial charge in [0.15, 0.2) is 0 Å². The third-order valence-electron chi connectivity index (χ3n) is 2.26. The average molecular weight is 222 g/mol. The molecule has 0 aliphatic rings. The topological polar surface area (TPSA) is 77.0 Å². The van der Waals surface area contributed by atoms with E-state index >= 15 is 0 Å². The van der Waals surface area contributed by atoms with Crippen LogP contribution >= 0.6 is 0 Å². The standard InChI is InChI=1S/C10H11FN4O/c11-7-1-2-8(13-5-7)9(6-16)15-10(12)3-4-14-15/h1-5,9,16H,6,12H2. The number of nitrogens with two attached hydrogens (primary N) is 1. The number of pyridine rings is 1. The van der Waals surface area contributed by atoms with E-state index in [1.165, 1.54) is 23.0 Å². The first-order chi connectivity index (χ1) is 7.72. The highest BCUT2D eigenvalue weighted by molar-refractivity contribution is 5.28. The molecule has 16 heavy (non-hydrogen) atoms. The molecule has 6 heteroatoms. The molecule has 1 unspecified atom stereocenters. The van der Waals surface area contributed by atoms with E-state index in [1.54, 1.807) is 6.07 Å². The summed E-state index contributed by atoms with van der Waals surface area (Å²) >= 11 is 0. The molecule has 1 atom stereocenters. The second-order valence-corrected chi connectivity index (χ2v) is 3.30. The largest absolute Gasteiger partial charge is 0.394 e. The molecule has 2 aromatic heterocycles. The minimum absolute atomic E-state index is 0.204. The molecule has 0 saturated carbocycles. The predicted octanol–water partition coefficient (Wildman–Crippen LogP) is 0.581. The molecule has 0 amide bonds. The number of nitrogens with zero attached hydrogens (tertiary/aromatic N) is 3. The summed E-state index contributed by atoms with van der Waals surface area (Å²) in [6, 6.07) is 3.91. The van der Waals surface area contributed by atoms with Gasteiger partial charge in [-0.05, 0) is 18.2 Å². The summed E-state index contributed by atoms with van der Waals surface area (Å²) in [5.41, 5.74) is 6.19. The van der Waals surface area contributed by atoms with E-state index in [2.05, 4.69) is 10.1 Å². The van der Waals surface area contributed by atoms with Crippen molar-refractivity contribution in [3.8, 4) is 0 Å². The number of halogens is 1. The van der Waals surface area contributed by atoms with Crippen LogP contribution in [0.5, 0.6) is 0 Å². The van der Waals surface area contributed by atoms with Crippen molar-refractivity contribution in [3.63, 3.8) is 0 Å². The van der Waals surface area contributed by atoms with E-state index in [9.17, 15) is 9.50 Å². The Morgan fingerprint density at radius 2 is 2.25 bits per heavy atom. The van der Waals surface area contributed by atoms with Gasteiger partial charge in [-0.2, -0.15) is 5.10 Å². The van der Waals surface area contributed by atoms with Gasteiger partial charge in [-0.1, -0.05) is 0 Å². The molecule has 0 aromatic carbocycles. The number of hydrogen-bond acceptors (Lipinski definition) is 4. The number of aromatic nitrogens is 3. The quantitative estimate of drug-likeness (QED) is 0.796. The van der Waals surface area contributed by atoms with Crippen molar-refractivity contribution in [2.24, 2.45) is 0 Å². The Balaban J connectivity index is 2.37. The van der Waals surface area contributed by atoms with Crippen LogP contribution in [0.15, 0.2) is 30.6 Å². The minimum Gasteiger partial charge on any atom is -0.394 e. The van der Waals surface area contributed by atoms with Gasteiger partial charge in [0.05, 0.1) is 24.7 Å². The van der Waals surface area contributed by atoms with E-state index in [1.807, 2.05) is 0 Å². The van der Waals surface area contributed by atoms with Gasteiger partial charge in [0.1, 0.15) is 17.7 Å². The lowest BCUT2D eigenvalue weighted by Crippen LogP contribution is -2.19. The molecule has 0 bridgehead atoms. The highest BCUT2D eigenvalue weighted by Gasteiger charge is 2.16. The summed E-state index contributed by atoms with van der Waals surface area (Å²) in [6.07, 6.45) is 2.62. The molecular formula is C10H11FN4O. The van der Waals surface area contributed by atoms with Crippen molar-refractivity contribution >= 4 is 5.82 Å². The molecule has 0 radical (unpaired) electrons. The zero-order valence-electron chi connectivity index (χ0n) is 8.42. The van der Waals surface area contributed by atoms with Gasteiger partial charge in [0.25, 0.3) is 0 Å². The third kappa shape index (κ3) is 1.87. The number of anilines is 1. The lowest BCUT2D eigenvalue weighted by molar-refractivity contribution is 0.239.